The Hall–Kier alpha value is 0.120. The van der Waals surface area contributed by atoms with E-state index in [0.29, 0.717) is 24.2 Å². The third-order valence-electron chi connectivity index (χ3n) is 7.98. The fourth-order valence-electron chi connectivity index (χ4n) is 7.52. The van der Waals surface area contributed by atoms with Gasteiger partial charge in [-0.25, -0.2) is 0 Å². The maximum absolute atomic E-state index is 13.5. The first-order valence-electron chi connectivity index (χ1n) is 12.7. The molecule has 3 aliphatic rings. The van der Waals surface area contributed by atoms with Gasteiger partial charge in [0.05, 0.1) is 5.66 Å². The molecule has 2 fully saturated rings. The van der Waals surface area contributed by atoms with Crippen molar-refractivity contribution < 1.29 is 18.9 Å². The molecule has 0 aliphatic heterocycles. The van der Waals surface area contributed by atoms with Crippen molar-refractivity contribution in [2.24, 2.45) is 40.4 Å². The van der Waals surface area contributed by atoms with E-state index in [-0.39, 0.29) is 39.9 Å². The second kappa shape index (κ2) is 8.96. The van der Waals surface area contributed by atoms with Crippen LogP contribution in [0.1, 0.15) is 87.5 Å². The van der Waals surface area contributed by atoms with Crippen LogP contribution in [0.15, 0.2) is 11.6 Å². The van der Waals surface area contributed by atoms with Crippen molar-refractivity contribution in [1.29, 1.82) is 0 Å². The summed E-state index contributed by atoms with van der Waals surface area (Å²) in [5.74, 6) is 1.39. The Kier molecular flexibility index (Phi) is 7.49. The number of fused-ring (bicyclic) bond motifs is 5. The zero-order valence-corrected chi connectivity index (χ0v) is 23.5. The average molecular weight is 487 g/mol. The predicted molar refractivity (Wildman–Crippen MR) is 136 cm³/mol. The lowest BCUT2D eigenvalue weighted by Crippen LogP contribution is -2.26. The minimum atomic E-state index is -3.28. The third-order valence-corrected chi connectivity index (χ3v) is 13.3. The van der Waals surface area contributed by atoms with Gasteiger partial charge in [-0.15, -0.1) is 0 Å². The second-order valence-electron chi connectivity index (χ2n) is 14.1. The normalized spacial score (nSPS) is 35.7. The number of rotatable bonds is 8. The largest absolute Gasteiger partial charge is 0.344 e. The highest BCUT2D eigenvalue weighted by atomic mass is 31.2. The summed E-state index contributed by atoms with van der Waals surface area (Å²) in [6.07, 6.45) is 7.37. The van der Waals surface area contributed by atoms with Crippen LogP contribution in [0.5, 0.6) is 0 Å². The molecule has 0 radical (unpaired) electrons. The van der Waals surface area contributed by atoms with E-state index in [2.05, 4.69) is 61.5 Å². The molecule has 9 unspecified atom stereocenters. The highest BCUT2D eigenvalue weighted by molar-refractivity contribution is 7.59. The molecule has 3 aliphatic carbocycles. The molecule has 0 saturated heterocycles. The van der Waals surface area contributed by atoms with Gasteiger partial charge in [0.25, 0.3) is 0 Å². The Morgan fingerprint density at radius 2 is 1.34 bits per heavy atom. The van der Waals surface area contributed by atoms with Crippen LogP contribution in [0.25, 0.3) is 0 Å². The monoisotopic (exact) mass is 486 g/mol. The molecular formula is C26H48O4P2. The summed E-state index contributed by atoms with van der Waals surface area (Å²) in [4.78, 5) is 22.1. The SMILES string of the molecule is CC(CC(C)(C)C)CP(=O)(O)C1C=C2C(C1)C1CC2C(P(=O)(O)CC(C)CC(C)(C)C)C1. The van der Waals surface area contributed by atoms with Crippen molar-refractivity contribution in [1.82, 2.24) is 0 Å². The minimum absolute atomic E-state index is 0.144. The average Bonchev–Trinajstić information content (AvgIpc) is 3.21. The van der Waals surface area contributed by atoms with Gasteiger partial charge in [-0.3, -0.25) is 9.13 Å². The maximum Gasteiger partial charge on any atom is 0.207 e. The lowest BCUT2D eigenvalue weighted by molar-refractivity contribution is 0.313. The lowest BCUT2D eigenvalue weighted by atomic mass is 9.85. The second-order valence-corrected chi connectivity index (χ2v) is 19.2. The fraction of sp³-hybridized carbons (Fsp3) is 0.923. The first kappa shape index (κ1) is 26.7. The Labute approximate surface area is 196 Å². The molecule has 0 spiro atoms. The molecule has 0 amide bonds. The van der Waals surface area contributed by atoms with Crippen LogP contribution in [0.2, 0.25) is 0 Å². The van der Waals surface area contributed by atoms with Crippen LogP contribution in [0, 0.1) is 40.4 Å². The molecule has 9 atom stereocenters. The summed E-state index contributed by atoms with van der Waals surface area (Å²) in [6, 6.07) is 0. The smallest absolute Gasteiger partial charge is 0.207 e. The van der Waals surface area contributed by atoms with E-state index >= 15 is 0 Å². The van der Waals surface area contributed by atoms with E-state index in [1.165, 1.54) is 5.57 Å². The molecule has 0 aromatic rings. The van der Waals surface area contributed by atoms with Gasteiger partial charge in [0.15, 0.2) is 0 Å². The summed E-state index contributed by atoms with van der Waals surface area (Å²) in [7, 11) is -6.53. The van der Waals surface area contributed by atoms with E-state index in [1.807, 2.05) is 0 Å². The molecule has 3 rings (SSSR count). The zero-order valence-electron chi connectivity index (χ0n) is 21.7. The quantitative estimate of drug-likeness (QED) is 0.277. The zero-order chi connectivity index (χ0) is 24.3. The number of hydrogen-bond donors (Lipinski definition) is 2. The van der Waals surface area contributed by atoms with Gasteiger partial charge in [0, 0.05) is 18.0 Å². The van der Waals surface area contributed by atoms with E-state index < -0.39 is 14.7 Å². The Morgan fingerprint density at radius 1 is 0.844 bits per heavy atom. The van der Waals surface area contributed by atoms with Crippen LogP contribution >= 0.6 is 14.7 Å². The van der Waals surface area contributed by atoms with Gasteiger partial charge in [-0.1, -0.05) is 67.0 Å². The van der Waals surface area contributed by atoms with Crippen LogP contribution in [-0.2, 0) is 9.13 Å². The van der Waals surface area contributed by atoms with Crippen molar-refractivity contribution in [2.75, 3.05) is 12.3 Å². The van der Waals surface area contributed by atoms with Crippen molar-refractivity contribution in [3.63, 3.8) is 0 Å². The summed E-state index contributed by atoms with van der Waals surface area (Å²) < 4.78 is 26.8. The first-order valence-corrected chi connectivity index (χ1v) is 16.6. The molecule has 4 nitrogen and oxygen atoms in total. The molecule has 186 valence electrons. The van der Waals surface area contributed by atoms with Crippen molar-refractivity contribution in [3.8, 4) is 0 Å². The standard InChI is InChI=1S/C26H48O4P2/c1-17(13-25(3,4)5)15-31(27,28)20-11-21-19-9-23(22(21)12-20)24(10-19)32(29,30)16-18(2)14-26(6,7)8/h12,17-21,23-24H,9-11,13-16H2,1-8H3,(H,27,28)(H,29,30). The van der Waals surface area contributed by atoms with Crippen LogP contribution in [-0.4, -0.2) is 33.4 Å². The molecule has 0 aromatic heterocycles. The van der Waals surface area contributed by atoms with Crippen LogP contribution in [0.3, 0.4) is 0 Å². The van der Waals surface area contributed by atoms with Gasteiger partial charge < -0.3 is 9.79 Å². The molecular weight excluding hydrogens is 438 g/mol. The summed E-state index contributed by atoms with van der Waals surface area (Å²) in [6.45, 7) is 17.3. The van der Waals surface area contributed by atoms with E-state index in [9.17, 15) is 18.9 Å². The molecule has 2 N–H and O–H groups in total. The molecule has 6 heteroatoms. The molecule has 32 heavy (non-hydrogen) atoms. The highest BCUT2D eigenvalue weighted by Gasteiger charge is 2.57. The fourth-order valence-corrected chi connectivity index (χ4v) is 12.5. The number of allylic oxidation sites excluding steroid dienone is 2. The van der Waals surface area contributed by atoms with E-state index in [1.54, 1.807) is 0 Å². The number of hydrogen-bond acceptors (Lipinski definition) is 2. The van der Waals surface area contributed by atoms with Gasteiger partial charge >= 0.3 is 0 Å². The van der Waals surface area contributed by atoms with Gasteiger partial charge in [-0.2, -0.15) is 0 Å². The topological polar surface area (TPSA) is 74.6 Å². The van der Waals surface area contributed by atoms with Crippen molar-refractivity contribution in [3.05, 3.63) is 11.6 Å². The van der Waals surface area contributed by atoms with E-state index in [4.69, 9.17) is 0 Å². The molecule has 0 heterocycles. The predicted octanol–water partition coefficient (Wildman–Crippen LogP) is 7.40. The first-order chi connectivity index (χ1) is 14.4. The van der Waals surface area contributed by atoms with Crippen molar-refractivity contribution >= 4 is 14.7 Å². The summed E-state index contributed by atoms with van der Waals surface area (Å²) in [5.41, 5.74) is 1.17. The molecule has 2 saturated carbocycles. The summed E-state index contributed by atoms with van der Waals surface area (Å²) >= 11 is 0. The maximum atomic E-state index is 13.5. The van der Waals surface area contributed by atoms with Gasteiger partial charge in [0.1, 0.15) is 0 Å². The van der Waals surface area contributed by atoms with E-state index in [0.717, 1.165) is 32.1 Å². The van der Waals surface area contributed by atoms with Crippen molar-refractivity contribution in [2.45, 2.75) is 98.8 Å². The van der Waals surface area contributed by atoms with Gasteiger partial charge in [-0.05, 0) is 72.5 Å². The molecule has 0 aromatic carbocycles. The highest BCUT2D eigenvalue weighted by Crippen LogP contribution is 2.69. The van der Waals surface area contributed by atoms with Crippen LogP contribution < -0.4 is 0 Å². The van der Waals surface area contributed by atoms with Gasteiger partial charge in [0.2, 0.25) is 14.7 Å². The summed E-state index contributed by atoms with van der Waals surface area (Å²) in [5, 5.41) is 0. The Balaban J connectivity index is 1.69. The van der Waals surface area contributed by atoms with Crippen LogP contribution in [0.4, 0.5) is 0 Å². The molecule has 2 bridgehead atoms. The minimum Gasteiger partial charge on any atom is -0.344 e. The lowest BCUT2D eigenvalue weighted by Gasteiger charge is -2.33. The Morgan fingerprint density at radius 3 is 1.84 bits per heavy atom. The Bertz CT molecular complexity index is 819. The third kappa shape index (κ3) is 6.21.